The molecule has 4 amide bonds. The molecule has 3 rings (SSSR count). The summed E-state index contributed by atoms with van der Waals surface area (Å²) >= 11 is 0. The van der Waals surface area contributed by atoms with E-state index in [1.807, 2.05) is 30.3 Å². The molecule has 9 nitrogen and oxygen atoms in total. The number of ether oxygens (including phenoxy) is 2. The van der Waals surface area contributed by atoms with Gasteiger partial charge in [-0.15, -0.1) is 0 Å². The van der Waals surface area contributed by atoms with Crippen molar-refractivity contribution >= 4 is 23.8 Å². The summed E-state index contributed by atoms with van der Waals surface area (Å²) in [5.41, 5.74) is 0.683. The Morgan fingerprint density at radius 2 is 1.38 bits per heavy atom. The topological polar surface area (TPSA) is 123 Å². The molecule has 9 heteroatoms. The van der Waals surface area contributed by atoms with Crippen molar-refractivity contribution < 1.29 is 28.7 Å². The fourth-order valence-corrected chi connectivity index (χ4v) is 2.87. The number of nitrogens with one attached hydrogen (secondary N) is 3. The zero-order valence-corrected chi connectivity index (χ0v) is 18.3. The Balaban J connectivity index is 1.57. The number of hydrogen-bond donors (Lipinski definition) is 3. The molecule has 0 radical (unpaired) electrons. The van der Waals surface area contributed by atoms with Crippen molar-refractivity contribution in [1.29, 1.82) is 0 Å². The molecule has 0 unspecified atom stereocenters. The molecule has 0 aliphatic rings. The van der Waals surface area contributed by atoms with Crippen LogP contribution in [0.2, 0.25) is 0 Å². The number of carbonyl (C=O) groups excluding carboxylic acids is 4. The first-order chi connectivity index (χ1) is 16.5. The second-order valence-electron chi connectivity index (χ2n) is 6.97. The van der Waals surface area contributed by atoms with Gasteiger partial charge >= 0.3 is 12.0 Å². The lowest BCUT2D eigenvalue weighted by atomic mass is 10.1. The van der Waals surface area contributed by atoms with Crippen molar-refractivity contribution in [2.45, 2.75) is 6.10 Å². The van der Waals surface area contributed by atoms with Gasteiger partial charge in [0.25, 0.3) is 11.8 Å². The third kappa shape index (κ3) is 6.92. The molecule has 0 aliphatic heterocycles. The summed E-state index contributed by atoms with van der Waals surface area (Å²) in [6, 6.07) is 23.1. The first kappa shape index (κ1) is 24.0. The summed E-state index contributed by atoms with van der Waals surface area (Å²) in [6.45, 7) is -0.475. The van der Waals surface area contributed by atoms with Crippen LogP contribution in [0, 0.1) is 0 Å². The van der Waals surface area contributed by atoms with E-state index in [2.05, 4.69) is 16.0 Å². The van der Waals surface area contributed by atoms with Gasteiger partial charge in [0.1, 0.15) is 18.0 Å². The summed E-state index contributed by atoms with van der Waals surface area (Å²) in [5, 5.41) is 6.79. The number of benzene rings is 3. The molecule has 0 saturated carbocycles. The highest BCUT2D eigenvalue weighted by atomic mass is 16.5. The highest BCUT2D eigenvalue weighted by Crippen LogP contribution is 2.21. The van der Waals surface area contributed by atoms with Crippen LogP contribution >= 0.6 is 0 Å². The monoisotopic (exact) mass is 461 g/mol. The molecule has 0 bridgehead atoms. The lowest BCUT2D eigenvalue weighted by Gasteiger charge is -2.17. The molecular weight excluding hydrogens is 438 g/mol. The van der Waals surface area contributed by atoms with E-state index in [0.29, 0.717) is 22.6 Å². The predicted molar refractivity (Wildman–Crippen MR) is 123 cm³/mol. The normalized spacial score (nSPS) is 11.0. The Morgan fingerprint density at radius 1 is 0.794 bits per heavy atom. The molecule has 3 aromatic carbocycles. The van der Waals surface area contributed by atoms with Crippen LogP contribution in [0.3, 0.4) is 0 Å². The number of rotatable bonds is 8. The van der Waals surface area contributed by atoms with Gasteiger partial charge in [0.15, 0.2) is 0 Å². The molecule has 3 N–H and O–H groups in total. The van der Waals surface area contributed by atoms with E-state index in [4.69, 9.17) is 9.47 Å². The van der Waals surface area contributed by atoms with Gasteiger partial charge in [-0.05, 0) is 36.4 Å². The predicted octanol–water partition coefficient (Wildman–Crippen LogP) is 2.95. The maximum atomic E-state index is 12.4. The van der Waals surface area contributed by atoms with Crippen LogP contribution in [0.1, 0.15) is 22.0 Å². The van der Waals surface area contributed by atoms with E-state index < -0.39 is 36.5 Å². The minimum atomic E-state index is -1.36. The summed E-state index contributed by atoms with van der Waals surface area (Å²) in [4.78, 5) is 48.7. The van der Waals surface area contributed by atoms with E-state index in [1.165, 1.54) is 7.05 Å². The molecule has 174 valence electrons. The van der Waals surface area contributed by atoms with Crippen molar-refractivity contribution in [1.82, 2.24) is 16.0 Å². The zero-order chi connectivity index (χ0) is 24.3. The highest BCUT2D eigenvalue weighted by molar-refractivity contribution is 5.98. The molecule has 34 heavy (non-hydrogen) atoms. The fraction of sp³-hybridized carbons (Fsp3) is 0.120. The van der Waals surface area contributed by atoms with E-state index >= 15 is 0 Å². The number of amides is 4. The van der Waals surface area contributed by atoms with Crippen LogP contribution in [0.15, 0.2) is 84.9 Å². The molecule has 0 fully saturated rings. The van der Waals surface area contributed by atoms with E-state index in [-0.39, 0.29) is 0 Å². The summed E-state index contributed by atoms with van der Waals surface area (Å²) in [6.07, 6.45) is -1.36. The summed E-state index contributed by atoms with van der Waals surface area (Å²) in [5.74, 6) is -0.960. The Labute approximate surface area is 196 Å². The van der Waals surface area contributed by atoms with Crippen molar-refractivity contribution in [2.24, 2.45) is 0 Å². The average Bonchev–Trinajstić information content (AvgIpc) is 2.87. The molecule has 0 aromatic heterocycles. The second kappa shape index (κ2) is 11.8. The average molecular weight is 461 g/mol. The molecule has 1 atom stereocenters. The van der Waals surface area contributed by atoms with Crippen LogP contribution in [0.5, 0.6) is 11.5 Å². The zero-order valence-electron chi connectivity index (χ0n) is 18.3. The maximum Gasteiger partial charge on any atom is 0.326 e. The number of hydrogen-bond acceptors (Lipinski definition) is 6. The number of urea groups is 1. The number of esters is 1. The Morgan fingerprint density at radius 3 is 2.00 bits per heavy atom. The quantitative estimate of drug-likeness (QED) is 0.443. The molecule has 3 aromatic rings. The van der Waals surface area contributed by atoms with Gasteiger partial charge in [0.2, 0.25) is 6.10 Å². The van der Waals surface area contributed by atoms with Crippen molar-refractivity contribution in [3.05, 3.63) is 96.1 Å². The summed E-state index contributed by atoms with van der Waals surface area (Å²) in [7, 11) is 1.35. The fourth-order valence-electron chi connectivity index (χ4n) is 2.87. The van der Waals surface area contributed by atoms with Gasteiger partial charge in [-0.3, -0.25) is 19.7 Å². The van der Waals surface area contributed by atoms with Gasteiger partial charge in [-0.25, -0.2) is 4.79 Å². The van der Waals surface area contributed by atoms with Crippen LogP contribution in [-0.2, 0) is 14.3 Å². The van der Waals surface area contributed by atoms with Gasteiger partial charge in [-0.1, -0.05) is 48.5 Å². The Kier molecular flexibility index (Phi) is 8.34. The molecule has 0 spiro atoms. The minimum absolute atomic E-state index is 0.310. The first-order valence-electron chi connectivity index (χ1n) is 10.3. The van der Waals surface area contributed by atoms with Crippen LogP contribution in [0.4, 0.5) is 4.79 Å². The van der Waals surface area contributed by atoms with Gasteiger partial charge < -0.3 is 20.1 Å². The van der Waals surface area contributed by atoms with E-state index in [9.17, 15) is 19.2 Å². The maximum absolute atomic E-state index is 12.4. The van der Waals surface area contributed by atoms with E-state index in [0.717, 1.165) is 0 Å². The van der Waals surface area contributed by atoms with Crippen molar-refractivity contribution in [3.8, 4) is 11.5 Å². The minimum Gasteiger partial charge on any atom is -0.457 e. The third-order valence-electron chi connectivity index (χ3n) is 4.54. The van der Waals surface area contributed by atoms with Gasteiger partial charge in [0, 0.05) is 18.2 Å². The first-order valence-corrected chi connectivity index (χ1v) is 10.3. The van der Waals surface area contributed by atoms with E-state index in [1.54, 1.807) is 54.6 Å². The molecule has 0 heterocycles. The number of carbonyl (C=O) groups is 4. The highest BCUT2D eigenvalue weighted by Gasteiger charge is 2.26. The molecular formula is C25H23N3O6. The second-order valence-corrected chi connectivity index (χ2v) is 6.97. The largest absolute Gasteiger partial charge is 0.457 e. The summed E-state index contributed by atoms with van der Waals surface area (Å²) < 4.78 is 10.9. The van der Waals surface area contributed by atoms with Gasteiger partial charge in [0.05, 0.1) is 0 Å². The Hall–Kier alpha value is -4.66. The smallest absolute Gasteiger partial charge is 0.326 e. The van der Waals surface area contributed by atoms with Crippen LogP contribution in [-0.4, -0.2) is 37.4 Å². The third-order valence-corrected chi connectivity index (χ3v) is 4.54. The number of para-hydroxylation sites is 1. The molecule has 0 saturated heterocycles. The molecule has 0 aliphatic carbocycles. The van der Waals surface area contributed by atoms with Crippen molar-refractivity contribution in [3.63, 3.8) is 0 Å². The SMILES string of the molecule is CNC(=O)NC(=O)[C@@H](OC(=O)CNC(=O)c1ccc(Oc2ccccc2)cc1)c1ccccc1. The standard InChI is InChI=1S/C25H23N3O6/c1-26-25(32)28-24(31)22(17-8-4-2-5-9-17)34-21(29)16-27-23(30)18-12-14-20(15-13-18)33-19-10-6-3-7-11-19/h2-15,22H,16H2,1H3,(H,27,30)(H2,26,28,31,32)/t22-/m0/s1. The number of imide groups is 1. The van der Waals surface area contributed by atoms with Crippen LogP contribution in [0.25, 0.3) is 0 Å². The van der Waals surface area contributed by atoms with Crippen molar-refractivity contribution in [2.75, 3.05) is 13.6 Å². The van der Waals surface area contributed by atoms with Crippen LogP contribution < -0.4 is 20.7 Å². The lowest BCUT2D eigenvalue weighted by Crippen LogP contribution is -2.42. The van der Waals surface area contributed by atoms with Gasteiger partial charge in [-0.2, -0.15) is 0 Å². The Bertz CT molecular complexity index is 1130. The lowest BCUT2D eigenvalue weighted by molar-refractivity contribution is -0.155.